The van der Waals surface area contributed by atoms with Gasteiger partial charge in [-0.1, -0.05) is 19.9 Å². The SMILES string of the molecule is C=CCCCOc1c(Br)cc(CNC(C)C)cc1OC. The fraction of sp³-hybridized carbons (Fsp3) is 0.500. The van der Waals surface area contributed by atoms with Gasteiger partial charge in [-0.15, -0.1) is 6.58 Å². The summed E-state index contributed by atoms with van der Waals surface area (Å²) < 4.78 is 12.2. The molecule has 0 heterocycles. The maximum Gasteiger partial charge on any atom is 0.175 e. The van der Waals surface area contributed by atoms with Crippen LogP contribution in [0.2, 0.25) is 0 Å². The highest BCUT2D eigenvalue weighted by Gasteiger charge is 2.11. The summed E-state index contributed by atoms with van der Waals surface area (Å²) in [5.74, 6) is 1.53. The van der Waals surface area contributed by atoms with Crippen molar-refractivity contribution in [2.75, 3.05) is 13.7 Å². The Bertz CT molecular complexity index is 433. The van der Waals surface area contributed by atoms with Gasteiger partial charge in [0.15, 0.2) is 11.5 Å². The number of rotatable bonds is 9. The van der Waals surface area contributed by atoms with Crippen LogP contribution >= 0.6 is 15.9 Å². The molecule has 4 heteroatoms. The van der Waals surface area contributed by atoms with Crippen LogP contribution in [0.5, 0.6) is 11.5 Å². The first-order valence-electron chi connectivity index (χ1n) is 6.92. The third-order valence-electron chi connectivity index (χ3n) is 2.80. The van der Waals surface area contributed by atoms with Crippen molar-refractivity contribution in [3.63, 3.8) is 0 Å². The second kappa shape index (κ2) is 9.03. The van der Waals surface area contributed by atoms with Crippen LogP contribution < -0.4 is 14.8 Å². The van der Waals surface area contributed by atoms with E-state index in [9.17, 15) is 0 Å². The highest BCUT2D eigenvalue weighted by molar-refractivity contribution is 9.10. The summed E-state index contributed by atoms with van der Waals surface area (Å²) in [5.41, 5.74) is 1.17. The van der Waals surface area contributed by atoms with Crippen LogP contribution in [0, 0.1) is 0 Å². The summed E-state index contributed by atoms with van der Waals surface area (Å²) >= 11 is 3.56. The summed E-state index contributed by atoms with van der Waals surface area (Å²) in [6.45, 7) is 9.43. The van der Waals surface area contributed by atoms with Crippen molar-refractivity contribution in [1.29, 1.82) is 0 Å². The van der Waals surface area contributed by atoms with Crippen molar-refractivity contribution < 1.29 is 9.47 Å². The number of hydrogen-bond acceptors (Lipinski definition) is 3. The van der Waals surface area contributed by atoms with Gasteiger partial charge in [0.2, 0.25) is 0 Å². The molecular formula is C16H24BrNO2. The van der Waals surface area contributed by atoms with E-state index in [1.165, 1.54) is 5.56 Å². The molecule has 1 aromatic rings. The molecule has 0 spiro atoms. The minimum Gasteiger partial charge on any atom is -0.493 e. The molecule has 0 unspecified atom stereocenters. The lowest BCUT2D eigenvalue weighted by Crippen LogP contribution is -2.21. The van der Waals surface area contributed by atoms with Crippen LogP contribution in [0.4, 0.5) is 0 Å². The van der Waals surface area contributed by atoms with Gasteiger partial charge in [0.25, 0.3) is 0 Å². The Morgan fingerprint density at radius 2 is 2.15 bits per heavy atom. The Kier molecular flexibility index (Phi) is 7.70. The fourth-order valence-electron chi connectivity index (χ4n) is 1.74. The van der Waals surface area contributed by atoms with Gasteiger partial charge in [0, 0.05) is 12.6 Å². The summed E-state index contributed by atoms with van der Waals surface area (Å²) in [5, 5.41) is 3.39. The van der Waals surface area contributed by atoms with Gasteiger partial charge >= 0.3 is 0 Å². The van der Waals surface area contributed by atoms with Crippen LogP contribution in [0.1, 0.15) is 32.3 Å². The number of benzene rings is 1. The summed E-state index contributed by atoms with van der Waals surface area (Å²) in [4.78, 5) is 0. The third-order valence-corrected chi connectivity index (χ3v) is 3.39. The first kappa shape index (κ1) is 17.1. The van der Waals surface area contributed by atoms with Gasteiger partial charge < -0.3 is 14.8 Å². The lowest BCUT2D eigenvalue weighted by atomic mass is 10.2. The predicted molar refractivity (Wildman–Crippen MR) is 87.6 cm³/mol. The lowest BCUT2D eigenvalue weighted by molar-refractivity contribution is 0.288. The molecule has 0 saturated heterocycles. The molecule has 0 atom stereocenters. The van der Waals surface area contributed by atoms with E-state index < -0.39 is 0 Å². The van der Waals surface area contributed by atoms with E-state index in [1.807, 2.05) is 12.1 Å². The smallest absolute Gasteiger partial charge is 0.175 e. The molecule has 0 saturated carbocycles. The largest absolute Gasteiger partial charge is 0.493 e. The van der Waals surface area contributed by atoms with Crippen LogP contribution in [-0.4, -0.2) is 19.8 Å². The van der Waals surface area contributed by atoms with Gasteiger partial charge in [-0.05, 0) is 46.5 Å². The average molecular weight is 342 g/mol. The lowest BCUT2D eigenvalue weighted by Gasteiger charge is -2.15. The summed E-state index contributed by atoms with van der Waals surface area (Å²) in [7, 11) is 1.66. The zero-order valence-corrected chi connectivity index (χ0v) is 14.1. The van der Waals surface area contributed by atoms with E-state index in [-0.39, 0.29) is 0 Å². The van der Waals surface area contributed by atoms with Gasteiger partial charge in [-0.25, -0.2) is 0 Å². The molecule has 3 nitrogen and oxygen atoms in total. The monoisotopic (exact) mass is 341 g/mol. The minimum absolute atomic E-state index is 0.453. The van der Waals surface area contributed by atoms with E-state index in [1.54, 1.807) is 7.11 Å². The first-order chi connectivity index (χ1) is 9.58. The number of allylic oxidation sites excluding steroid dienone is 1. The molecule has 0 bridgehead atoms. The van der Waals surface area contributed by atoms with Crippen LogP contribution in [-0.2, 0) is 6.54 Å². The highest BCUT2D eigenvalue weighted by Crippen LogP contribution is 2.36. The number of nitrogens with one attached hydrogen (secondary N) is 1. The number of halogens is 1. The normalized spacial score (nSPS) is 10.7. The molecule has 112 valence electrons. The van der Waals surface area contributed by atoms with E-state index in [0.717, 1.165) is 35.4 Å². The van der Waals surface area contributed by atoms with Crippen molar-refractivity contribution in [3.8, 4) is 11.5 Å². The van der Waals surface area contributed by atoms with E-state index in [0.29, 0.717) is 12.6 Å². The molecule has 0 amide bonds. The minimum atomic E-state index is 0.453. The van der Waals surface area contributed by atoms with Gasteiger partial charge in [-0.3, -0.25) is 0 Å². The quantitative estimate of drug-likeness (QED) is 0.536. The highest BCUT2D eigenvalue weighted by atomic mass is 79.9. The maximum atomic E-state index is 5.80. The fourth-order valence-corrected chi connectivity index (χ4v) is 2.34. The Labute approximate surface area is 130 Å². The number of ether oxygens (including phenoxy) is 2. The van der Waals surface area contributed by atoms with Crippen molar-refractivity contribution in [1.82, 2.24) is 5.32 Å². The van der Waals surface area contributed by atoms with Crippen molar-refractivity contribution >= 4 is 15.9 Å². The molecule has 1 N–H and O–H groups in total. The predicted octanol–water partition coefficient (Wildman–Crippen LogP) is 4.30. The van der Waals surface area contributed by atoms with E-state index >= 15 is 0 Å². The molecule has 0 fully saturated rings. The standard InChI is InChI=1S/C16H24BrNO2/c1-5-6-7-8-20-16-14(17)9-13(10-15(16)19-4)11-18-12(2)3/h5,9-10,12,18H,1,6-8,11H2,2-4H3. The van der Waals surface area contributed by atoms with Gasteiger partial charge in [-0.2, -0.15) is 0 Å². The Morgan fingerprint density at radius 3 is 2.75 bits per heavy atom. The van der Waals surface area contributed by atoms with Crippen molar-refractivity contribution in [2.24, 2.45) is 0 Å². The molecule has 1 aromatic carbocycles. The first-order valence-corrected chi connectivity index (χ1v) is 7.71. The number of methoxy groups -OCH3 is 1. The average Bonchev–Trinajstić information content (AvgIpc) is 2.42. The summed E-state index contributed by atoms with van der Waals surface area (Å²) in [6, 6.07) is 4.54. The third kappa shape index (κ3) is 5.55. The molecule has 20 heavy (non-hydrogen) atoms. The Hall–Kier alpha value is -1.00. The van der Waals surface area contributed by atoms with Crippen molar-refractivity contribution in [2.45, 2.75) is 39.3 Å². The molecular weight excluding hydrogens is 318 g/mol. The van der Waals surface area contributed by atoms with Gasteiger partial charge in [0.1, 0.15) is 0 Å². The second-order valence-corrected chi connectivity index (χ2v) is 5.78. The molecule has 0 aliphatic rings. The summed E-state index contributed by atoms with van der Waals surface area (Å²) in [6.07, 6.45) is 3.81. The molecule has 1 rings (SSSR count). The number of hydrogen-bond donors (Lipinski definition) is 1. The van der Waals surface area contributed by atoms with Gasteiger partial charge in [0.05, 0.1) is 18.2 Å². The van der Waals surface area contributed by atoms with Crippen LogP contribution in [0.3, 0.4) is 0 Å². The van der Waals surface area contributed by atoms with Crippen molar-refractivity contribution in [3.05, 3.63) is 34.8 Å². The Balaban J connectivity index is 2.76. The van der Waals surface area contributed by atoms with Crippen LogP contribution in [0.15, 0.2) is 29.3 Å². The molecule has 0 aliphatic carbocycles. The number of unbranched alkanes of at least 4 members (excludes halogenated alkanes) is 1. The van der Waals surface area contributed by atoms with Crippen LogP contribution in [0.25, 0.3) is 0 Å². The topological polar surface area (TPSA) is 30.5 Å². The molecule has 0 aromatic heterocycles. The zero-order chi connectivity index (χ0) is 15.0. The molecule has 0 aliphatic heterocycles. The Morgan fingerprint density at radius 1 is 1.40 bits per heavy atom. The maximum absolute atomic E-state index is 5.80. The van der Waals surface area contributed by atoms with E-state index in [2.05, 4.69) is 47.7 Å². The van der Waals surface area contributed by atoms with E-state index in [4.69, 9.17) is 9.47 Å². The zero-order valence-electron chi connectivity index (χ0n) is 12.5. The molecule has 0 radical (unpaired) electrons. The second-order valence-electron chi connectivity index (χ2n) is 4.92.